The zero-order chi connectivity index (χ0) is 36.0. The summed E-state index contributed by atoms with van der Waals surface area (Å²) in [5.41, 5.74) is -1.03. The van der Waals surface area contributed by atoms with Gasteiger partial charge >= 0.3 is 0 Å². The molecule has 4 heterocycles. The molecule has 0 radical (unpaired) electrons. The fourth-order valence-corrected chi connectivity index (χ4v) is 5.82. The maximum Gasteiger partial charge on any atom is 0.239 e. The van der Waals surface area contributed by atoms with Gasteiger partial charge in [0.15, 0.2) is 24.4 Å². The second-order valence-corrected chi connectivity index (χ2v) is 12.0. The van der Waals surface area contributed by atoms with Crippen molar-refractivity contribution >= 4 is 11.0 Å². The standard InChI is InChI=1S/C31H36O19/c32-7-17-21(40)23(42)24(43)29(47-17)49-27-19(38)14(36)9-45-31(27)50-28-20(39)15(37)8-44-30(28)48-26-22(41)18-13(35)5-12(34)6-16(18)46-25(26)10-1-3-11(33)4-2-10/h1-6,14-15,17,19-21,23-24,27-40,42-43H,7-9H2/t14-,15-,17-,19+,20-,21-,23-,24-,27-,28-,29-,30-,31+/m0/s1. The van der Waals surface area contributed by atoms with Gasteiger partial charge in [-0.05, 0) is 24.3 Å². The molecule has 0 unspecified atom stereocenters. The summed E-state index contributed by atoms with van der Waals surface area (Å²) in [5, 5.41) is 113. The van der Waals surface area contributed by atoms with Gasteiger partial charge in [0.05, 0.1) is 19.8 Å². The maximum atomic E-state index is 13.8. The van der Waals surface area contributed by atoms with E-state index in [0.29, 0.717) is 0 Å². The van der Waals surface area contributed by atoms with Crippen molar-refractivity contribution in [2.24, 2.45) is 0 Å². The minimum Gasteiger partial charge on any atom is -0.508 e. The first-order valence-corrected chi connectivity index (χ1v) is 15.3. The van der Waals surface area contributed by atoms with Gasteiger partial charge in [0.2, 0.25) is 17.5 Å². The lowest BCUT2D eigenvalue weighted by Gasteiger charge is -2.46. The van der Waals surface area contributed by atoms with E-state index >= 15 is 0 Å². The van der Waals surface area contributed by atoms with Gasteiger partial charge in [-0.3, -0.25) is 4.79 Å². The Morgan fingerprint density at radius 1 is 0.700 bits per heavy atom. The van der Waals surface area contributed by atoms with Gasteiger partial charge in [-0.2, -0.15) is 0 Å². The van der Waals surface area contributed by atoms with E-state index in [1.165, 1.54) is 24.3 Å². The van der Waals surface area contributed by atoms with Crippen LogP contribution < -0.4 is 10.2 Å². The highest BCUT2D eigenvalue weighted by atomic mass is 16.8. The number of phenols is 3. The lowest BCUT2D eigenvalue weighted by atomic mass is 9.98. The molecule has 3 fully saturated rings. The number of aliphatic hydroxyl groups excluding tert-OH is 8. The summed E-state index contributed by atoms with van der Waals surface area (Å²) < 4.78 is 39.9. The second kappa shape index (κ2) is 14.5. The van der Waals surface area contributed by atoms with Crippen molar-refractivity contribution in [3.8, 4) is 34.3 Å². The number of rotatable bonds is 8. The number of phenolic OH excluding ortho intramolecular Hbond substituents is 3. The van der Waals surface area contributed by atoms with Crippen LogP contribution in [0.2, 0.25) is 0 Å². The van der Waals surface area contributed by atoms with Gasteiger partial charge in [0.1, 0.15) is 83.2 Å². The summed E-state index contributed by atoms with van der Waals surface area (Å²) in [6.07, 6.45) is -22.7. The first-order valence-electron chi connectivity index (χ1n) is 15.3. The summed E-state index contributed by atoms with van der Waals surface area (Å²) in [7, 11) is 0. The van der Waals surface area contributed by atoms with Gasteiger partial charge in [0.25, 0.3) is 0 Å². The molecule has 13 atom stereocenters. The third kappa shape index (κ3) is 6.84. The molecule has 0 spiro atoms. The molecule has 3 saturated heterocycles. The van der Waals surface area contributed by atoms with Crippen LogP contribution in [0.4, 0.5) is 0 Å². The van der Waals surface area contributed by atoms with Crippen molar-refractivity contribution < 1.29 is 89.0 Å². The zero-order valence-corrected chi connectivity index (χ0v) is 25.8. The quantitative estimate of drug-likeness (QED) is 0.109. The fraction of sp³-hybridized carbons (Fsp3) is 0.516. The smallest absolute Gasteiger partial charge is 0.239 e. The maximum absolute atomic E-state index is 13.8. The summed E-state index contributed by atoms with van der Waals surface area (Å²) in [5.74, 6) is -2.09. The molecular weight excluding hydrogens is 676 g/mol. The van der Waals surface area contributed by atoms with E-state index in [1.54, 1.807) is 0 Å². The molecule has 3 aliphatic heterocycles. The van der Waals surface area contributed by atoms with E-state index in [9.17, 15) is 61.0 Å². The number of hydrogen-bond donors (Lipinski definition) is 11. The minimum absolute atomic E-state index is 0.129. The van der Waals surface area contributed by atoms with Crippen LogP contribution in [0, 0.1) is 0 Å². The molecule has 0 amide bonds. The van der Waals surface area contributed by atoms with E-state index in [-0.39, 0.29) is 22.7 Å². The van der Waals surface area contributed by atoms with Crippen LogP contribution in [0.1, 0.15) is 0 Å². The molecule has 50 heavy (non-hydrogen) atoms. The highest BCUT2D eigenvalue weighted by molar-refractivity contribution is 5.88. The number of ether oxygens (including phenoxy) is 6. The predicted octanol–water partition coefficient (Wildman–Crippen LogP) is -3.32. The topological polar surface area (TPSA) is 308 Å². The first kappa shape index (κ1) is 36.1. The molecule has 1 aromatic heterocycles. The van der Waals surface area contributed by atoms with Crippen LogP contribution >= 0.6 is 0 Å². The summed E-state index contributed by atoms with van der Waals surface area (Å²) >= 11 is 0. The van der Waals surface area contributed by atoms with Crippen LogP contribution in [-0.2, 0) is 23.7 Å². The minimum atomic E-state index is -1.93. The third-order valence-corrected chi connectivity index (χ3v) is 8.57. The Labute approximate surface area is 280 Å². The predicted molar refractivity (Wildman–Crippen MR) is 161 cm³/mol. The molecule has 0 aliphatic carbocycles. The van der Waals surface area contributed by atoms with Crippen molar-refractivity contribution in [3.63, 3.8) is 0 Å². The first-order chi connectivity index (χ1) is 23.8. The Morgan fingerprint density at radius 2 is 1.30 bits per heavy atom. The second-order valence-electron chi connectivity index (χ2n) is 12.0. The number of benzene rings is 2. The Kier molecular flexibility index (Phi) is 10.5. The average molecular weight is 713 g/mol. The molecule has 274 valence electrons. The summed E-state index contributed by atoms with van der Waals surface area (Å²) in [6.45, 7) is -1.90. The number of hydrogen-bond acceptors (Lipinski definition) is 19. The van der Waals surface area contributed by atoms with Crippen LogP contribution in [-0.4, -0.2) is 156 Å². The highest BCUT2D eigenvalue weighted by Gasteiger charge is 2.51. The Hall–Kier alpha value is -3.67. The van der Waals surface area contributed by atoms with Crippen LogP contribution in [0.5, 0.6) is 23.0 Å². The third-order valence-electron chi connectivity index (χ3n) is 8.57. The van der Waals surface area contributed by atoms with Crippen LogP contribution in [0.25, 0.3) is 22.3 Å². The van der Waals surface area contributed by atoms with Gasteiger partial charge in [-0.1, -0.05) is 0 Å². The van der Waals surface area contributed by atoms with E-state index in [1.807, 2.05) is 0 Å². The molecular formula is C31H36O19. The number of fused-ring (bicyclic) bond motifs is 1. The summed E-state index contributed by atoms with van der Waals surface area (Å²) in [4.78, 5) is 13.8. The fourth-order valence-electron chi connectivity index (χ4n) is 5.82. The average Bonchev–Trinajstić information content (AvgIpc) is 3.08. The summed E-state index contributed by atoms with van der Waals surface area (Å²) in [6, 6.07) is 7.26. The van der Waals surface area contributed by atoms with E-state index < -0.39 is 128 Å². The van der Waals surface area contributed by atoms with Crippen molar-refractivity contribution in [2.75, 3.05) is 19.8 Å². The Balaban J connectivity index is 1.34. The number of aliphatic hydroxyl groups is 8. The molecule has 0 bridgehead atoms. The SMILES string of the molecule is O=c1c(O[C@@H]2OC[C@H](O)[C@H](O)[C@@H]2O[C@H]2OC[C@H](O)[C@@H](O)[C@@H]2O[C@@H]2O[C@@H](CO)[C@H](O)[C@H](O)[C@@H]2O)c(-c2ccc(O)cc2)oc2cc(O)cc(O)c12. The van der Waals surface area contributed by atoms with E-state index in [0.717, 1.165) is 12.1 Å². The highest BCUT2D eigenvalue weighted by Crippen LogP contribution is 2.38. The molecule has 19 heteroatoms. The van der Waals surface area contributed by atoms with Crippen molar-refractivity contribution in [3.05, 3.63) is 46.6 Å². The van der Waals surface area contributed by atoms with Crippen molar-refractivity contribution in [1.29, 1.82) is 0 Å². The molecule has 19 nitrogen and oxygen atoms in total. The molecule has 6 rings (SSSR count). The number of aromatic hydroxyl groups is 3. The van der Waals surface area contributed by atoms with E-state index in [4.69, 9.17) is 32.8 Å². The Morgan fingerprint density at radius 3 is 1.94 bits per heavy atom. The van der Waals surface area contributed by atoms with Crippen molar-refractivity contribution in [2.45, 2.75) is 79.9 Å². The Bertz CT molecular complexity index is 1700. The largest absolute Gasteiger partial charge is 0.508 e. The normalized spacial score (nSPS) is 36.4. The van der Waals surface area contributed by atoms with Gasteiger partial charge < -0.3 is 89.0 Å². The van der Waals surface area contributed by atoms with Gasteiger partial charge in [0, 0.05) is 17.7 Å². The van der Waals surface area contributed by atoms with E-state index in [2.05, 4.69) is 0 Å². The van der Waals surface area contributed by atoms with Gasteiger partial charge in [-0.25, -0.2) is 0 Å². The monoisotopic (exact) mass is 712 g/mol. The van der Waals surface area contributed by atoms with Gasteiger partial charge in [-0.15, -0.1) is 0 Å². The molecule has 3 aromatic rings. The molecule has 11 N–H and O–H groups in total. The van der Waals surface area contributed by atoms with Crippen LogP contribution in [0.15, 0.2) is 45.6 Å². The molecule has 3 aliphatic rings. The molecule has 0 saturated carbocycles. The van der Waals surface area contributed by atoms with Crippen molar-refractivity contribution in [1.82, 2.24) is 0 Å². The van der Waals surface area contributed by atoms with Crippen LogP contribution in [0.3, 0.4) is 0 Å². The lowest BCUT2D eigenvalue weighted by molar-refractivity contribution is -0.374. The molecule has 2 aromatic carbocycles. The zero-order valence-electron chi connectivity index (χ0n) is 25.8. The lowest BCUT2D eigenvalue weighted by Crippen LogP contribution is -2.64.